The fourth-order valence-corrected chi connectivity index (χ4v) is 1.36. The van der Waals surface area contributed by atoms with Crippen LogP contribution in [-0.2, 0) is 0 Å². The van der Waals surface area contributed by atoms with E-state index < -0.39 is 12.6 Å². The standard InChI is InChI=1S/C9H11F3N4S/c1-16(5-3-9(10,11)12)8-6(7(13)17)2-4-14-15-8/h2,4H,3,5H2,1H3,(H2,13,17). The fraction of sp³-hybridized carbons (Fsp3) is 0.444. The van der Waals surface area contributed by atoms with Crippen molar-refractivity contribution < 1.29 is 13.2 Å². The second kappa shape index (κ2) is 5.26. The van der Waals surface area contributed by atoms with Gasteiger partial charge in [-0.3, -0.25) is 0 Å². The molecule has 0 bridgehead atoms. The molecule has 0 saturated carbocycles. The van der Waals surface area contributed by atoms with Gasteiger partial charge in [-0.2, -0.15) is 18.3 Å². The van der Waals surface area contributed by atoms with Crippen LogP contribution in [0.15, 0.2) is 12.3 Å². The number of alkyl halides is 3. The van der Waals surface area contributed by atoms with Gasteiger partial charge in [0.25, 0.3) is 0 Å². The lowest BCUT2D eigenvalue weighted by Crippen LogP contribution is -2.27. The van der Waals surface area contributed by atoms with E-state index in [0.29, 0.717) is 5.56 Å². The normalized spacial score (nSPS) is 11.3. The summed E-state index contributed by atoms with van der Waals surface area (Å²) in [6, 6.07) is 1.52. The summed E-state index contributed by atoms with van der Waals surface area (Å²) in [5.41, 5.74) is 5.87. The zero-order valence-electron chi connectivity index (χ0n) is 9.03. The maximum atomic E-state index is 12.1. The Morgan fingerprint density at radius 1 is 1.53 bits per heavy atom. The second-order valence-electron chi connectivity index (χ2n) is 3.42. The van der Waals surface area contributed by atoms with Crippen molar-refractivity contribution >= 4 is 23.0 Å². The average Bonchev–Trinajstić information content (AvgIpc) is 2.25. The SMILES string of the molecule is CN(CCC(F)(F)F)c1nnccc1C(N)=S. The van der Waals surface area contributed by atoms with Gasteiger partial charge in [0.15, 0.2) is 5.82 Å². The number of aromatic nitrogens is 2. The average molecular weight is 264 g/mol. The molecule has 0 atom stereocenters. The lowest BCUT2D eigenvalue weighted by atomic mass is 10.2. The molecule has 4 nitrogen and oxygen atoms in total. The number of nitrogens with two attached hydrogens (primary N) is 1. The van der Waals surface area contributed by atoms with Crippen LogP contribution in [-0.4, -0.2) is 35.0 Å². The molecule has 1 rings (SSSR count). The minimum atomic E-state index is -4.21. The first kappa shape index (κ1) is 13.6. The summed E-state index contributed by atoms with van der Waals surface area (Å²) in [6.07, 6.45) is -3.76. The van der Waals surface area contributed by atoms with Crippen molar-refractivity contribution in [2.75, 3.05) is 18.5 Å². The first-order chi connectivity index (χ1) is 7.81. The third kappa shape index (κ3) is 4.14. The molecule has 0 amide bonds. The maximum Gasteiger partial charge on any atom is 0.390 e. The lowest BCUT2D eigenvalue weighted by Gasteiger charge is -2.20. The van der Waals surface area contributed by atoms with Crippen molar-refractivity contribution in [3.63, 3.8) is 0 Å². The summed E-state index contributed by atoms with van der Waals surface area (Å²) in [4.78, 5) is 1.41. The third-order valence-corrected chi connectivity index (χ3v) is 2.28. The van der Waals surface area contributed by atoms with Gasteiger partial charge in [-0.05, 0) is 6.07 Å². The molecule has 0 saturated heterocycles. The van der Waals surface area contributed by atoms with E-state index >= 15 is 0 Å². The Hall–Kier alpha value is -1.44. The smallest absolute Gasteiger partial charge is 0.389 e. The molecule has 0 aromatic carbocycles. The summed E-state index contributed by atoms with van der Waals surface area (Å²) in [5, 5.41) is 7.35. The highest BCUT2D eigenvalue weighted by Gasteiger charge is 2.27. The summed E-state index contributed by atoms with van der Waals surface area (Å²) in [5.74, 6) is 0.254. The summed E-state index contributed by atoms with van der Waals surface area (Å²) in [6.45, 7) is -0.224. The molecule has 0 unspecified atom stereocenters. The van der Waals surface area contributed by atoms with Gasteiger partial charge < -0.3 is 10.6 Å². The molecule has 0 fully saturated rings. The second-order valence-corrected chi connectivity index (χ2v) is 3.86. The Kier molecular flexibility index (Phi) is 4.22. The zero-order chi connectivity index (χ0) is 13.1. The Bertz CT molecular complexity index is 407. The van der Waals surface area contributed by atoms with E-state index in [0.717, 1.165) is 0 Å². The Labute approximate surface area is 102 Å². The topological polar surface area (TPSA) is 55.0 Å². The molecule has 0 aliphatic carbocycles. The van der Waals surface area contributed by atoms with Crippen molar-refractivity contribution in [1.82, 2.24) is 10.2 Å². The minimum absolute atomic E-state index is 0.0776. The van der Waals surface area contributed by atoms with Crippen LogP contribution in [0.5, 0.6) is 0 Å². The van der Waals surface area contributed by atoms with Gasteiger partial charge in [0, 0.05) is 13.6 Å². The van der Waals surface area contributed by atoms with Gasteiger partial charge in [-0.15, -0.1) is 5.10 Å². The van der Waals surface area contributed by atoms with Crippen LogP contribution < -0.4 is 10.6 Å². The van der Waals surface area contributed by atoms with Crippen LogP contribution in [0.4, 0.5) is 19.0 Å². The molecule has 1 aromatic heterocycles. The lowest BCUT2D eigenvalue weighted by molar-refractivity contribution is -0.132. The number of thiocarbonyl (C=S) groups is 1. The highest BCUT2D eigenvalue weighted by Crippen LogP contribution is 2.22. The van der Waals surface area contributed by atoms with Crippen LogP contribution in [0.25, 0.3) is 0 Å². The summed E-state index contributed by atoms with van der Waals surface area (Å²) >= 11 is 4.79. The molecule has 94 valence electrons. The van der Waals surface area contributed by atoms with Gasteiger partial charge in [0.05, 0.1) is 18.2 Å². The zero-order valence-corrected chi connectivity index (χ0v) is 9.85. The molecular formula is C9H11F3N4S. The molecule has 0 aliphatic heterocycles. The summed E-state index contributed by atoms with van der Waals surface area (Å²) < 4.78 is 36.2. The molecular weight excluding hydrogens is 253 g/mol. The molecule has 2 N–H and O–H groups in total. The van der Waals surface area contributed by atoms with E-state index in [4.69, 9.17) is 18.0 Å². The van der Waals surface area contributed by atoms with Crippen molar-refractivity contribution in [2.24, 2.45) is 5.73 Å². The molecule has 0 radical (unpaired) electrons. The quantitative estimate of drug-likeness (QED) is 0.835. The van der Waals surface area contributed by atoms with Crippen molar-refractivity contribution in [1.29, 1.82) is 0 Å². The van der Waals surface area contributed by atoms with Gasteiger partial charge >= 0.3 is 6.18 Å². The van der Waals surface area contributed by atoms with E-state index in [9.17, 15) is 13.2 Å². The summed E-state index contributed by atoms with van der Waals surface area (Å²) in [7, 11) is 1.48. The van der Waals surface area contributed by atoms with Crippen LogP contribution in [0.2, 0.25) is 0 Å². The first-order valence-electron chi connectivity index (χ1n) is 4.70. The van der Waals surface area contributed by atoms with Gasteiger partial charge in [-0.25, -0.2) is 0 Å². The molecule has 1 heterocycles. The van der Waals surface area contributed by atoms with E-state index in [1.54, 1.807) is 0 Å². The molecule has 0 spiro atoms. The maximum absolute atomic E-state index is 12.1. The molecule has 17 heavy (non-hydrogen) atoms. The highest BCUT2D eigenvalue weighted by molar-refractivity contribution is 7.80. The van der Waals surface area contributed by atoms with Gasteiger partial charge in [0.1, 0.15) is 4.99 Å². The number of nitrogens with zero attached hydrogens (tertiary/aromatic N) is 3. The number of anilines is 1. The Balaban J connectivity index is 2.82. The number of halogens is 3. The van der Waals surface area contributed by atoms with Crippen LogP contribution in [0.1, 0.15) is 12.0 Å². The van der Waals surface area contributed by atoms with E-state index in [1.807, 2.05) is 0 Å². The van der Waals surface area contributed by atoms with Gasteiger partial charge in [0.2, 0.25) is 0 Å². The first-order valence-corrected chi connectivity index (χ1v) is 5.11. The van der Waals surface area contributed by atoms with Crippen LogP contribution in [0.3, 0.4) is 0 Å². The number of hydrogen-bond donors (Lipinski definition) is 1. The van der Waals surface area contributed by atoms with Crippen molar-refractivity contribution in [3.8, 4) is 0 Å². The Morgan fingerprint density at radius 2 is 2.18 bits per heavy atom. The Morgan fingerprint density at radius 3 is 2.71 bits per heavy atom. The molecule has 0 aliphatic rings. The minimum Gasteiger partial charge on any atom is -0.389 e. The van der Waals surface area contributed by atoms with Crippen molar-refractivity contribution in [3.05, 3.63) is 17.8 Å². The number of rotatable bonds is 4. The molecule has 8 heteroatoms. The monoisotopic (exact) mass is 264 g/mol. The van der Waals surface area contributed by atoms with Crippen molar-refractivity contribution in [2.45, 2.75) is 12.6 Å². The number of hydrogen-bond acceptors (Lipinski definition) is 4. The van der Waals surface area contributed by atoms with Gasteiger partial charge in [-0.1, -0.05) is 12.2 Å². The predicted molar refractivity (Wildman–Crippen MR) is 61.9 cm³/mol. The van der Waals surface area contributed by atoms with E-state index in [-0.39, 0.29) is 17.4 Å². The predicted octanol–water partition coefficient (Wildman–Crippen LogP) is 1.50. The highest BCUT2D eigenvalue weighted by atomic mass is 32.1. The largest absolute Gasteiger partial charge is 0.390 e. The van der Waals surface area contributed by atoms with Crippen LogP contribution >= 0.6 is 12.2 Å². The van der Waals surface area contributed by atoms with E-state index in [1.165, 1.54) is 24.2 Å². The van der Waals surface area contributed by atoms with E-state index in [2.05, 4.69) is 10.2 Å². The third-order valence-electron chi connectivity index (χ3n) is 2.06. The fourth-order valence-electron chi connectivity index (χ4n) is 1.20. The molecule has 1 aromatic rings. The van der Waals surface area contributed by atoms with Crippen LogP contribution in [0, 0.1) is 0 Å².